The molecule has 0 aliphatic carbocycles. The topological polar surface area (TPSA) is 67.2 Å². The highest BCUT2D eigenvalue weighted by molar-refractivity contribution is 5.89. The van der Waals surface area contributed by atoms with Crippen LogP contribution in [-0.4, -0.2) is 19.1 Å². The molecule has 0 aliphatic rings. The van der Waals surface area contributed by atoms with Crippen molar-refractivity contribution in [2.45, 2.75) is 32.6 Å². The second-order valence-corrected chi connectivity index (χ2v) is 4.45. The lowest BCUT2D eigenvalue weighted by Crippen LogP contribution is -2.29. The van der Waals surface area contributed by atoms with E-state index in [2.05, 4.69) is 10.6 Å². The van der Waals surface area contributed by atoms with Crippen LogP contribution < -0.4 is 16.4 Å². The minimum absolute atomic E-state index is 0.141. The van der Waals surface area contributed by atoms with Crippen molar-refractivity contribution < 1.29 is 4.79 Å². The van der Waals surface area contributed by atoms with E-state index in [0.29, 0.717) is 6.54 Å². The van der Waals surface area contributed by atoms with Crippen LogP contribution in [0.5, 0.6) is 0 Å². The van der Waals surface area contributed by atoms with Gasteiger partial charge < -0.3 is 16.4 Å². The third-order valence-electron chi connectivity index (χ3n) is 2.73. The molecule has 0 saturated heterocycles. The number of unbranched alkanes of at least 4 members (excludes halogenated alkanes) is 3. The van der Waals surface area contributed by atoms with Crippen molar-refractivity contribution in [3.8, 4) is 0 Å². The molecule has 100 valence electrons. The highest BCUT2D eigenvalue weighted by Gasteiger charge is 2.00. The van der Waals surface area contributed by atoms with Gasteiger partial charge in [0.25, 0.3) is 0 Å². The number of urea groups is 1. The van der Waals surface area contributed by atoms with Gasteiger partial charge in [-0.25, -0.2) is 4.79 Å². The molecule has 1 rings (SSSR count). The second-order valence-electron chi connectivity index (χ2n) is 4.45. The van der Waals surface area contributed by atoms with Gasteiger partial charge in [-0.2, -0.15) is 0 Å². The molecule has 0 fully saturated rings. The summed E-state index contributed by atoms with van der Waals surface area (Å²) in [6, 6.07) is 7.61. The zero-order chi connectivity index (χ0) is 13.2. The molecule has 18 heavy (non-hydrogen) atoms. The maximum absolute atomic E-state index is 11.5. The maximum Gasteiger partial charge on any atom is 0.319 e. The molecule has 1 aromatic rings. The van der Waals surface area contributed by atoms with Crippen LogP contribution in [0.2, 0.25) is 0 Å². The van der Waals surface area contributed by atoms with Crippen molar-refractivity contribution >= 4 is 11.7 Å². The first-order valence-corrected chi connectivity index (χ1v) is 6.54. The summed E-state index contributed by atoms with van der Waals surface area (Å²) >= 11 is 0. The average molecular weight is 249 g/mol. The predicted octanol–water partition coefficient (Wildman–Crippen LogP) is 2.64. The number of anilines is 1. The van der Waals surface area contributed by atoms with E-state index in [1.807, 2.05) is 31.2 Å². The van der Waals surface area contributed by atoms with Crippen molar-refractivity contribution in [2.75, 3.05) is 18.4 Å². The third kappa shape index (κ3) is 6.25. The molecule has 0 aliphatic heterocycles. The van der Waals surface area contributed by atoms with Gasteiger partial charge in [-0.15, -0.1) is 0 Å². The Labute approximate surface area is 109 Å². The molecule has 0 saturated carbocycles. The molecule has 4 heteroatoms. The molecule has 0 spiro atoms. The lowest BCUT2D eigenvalue weighted by Gasteiger charge is -2.07. The summed E-state index contributed by atoms with van der Waals surface area (Å²) in [5, 5.41) is 5.64. The smallest absolute Gasteiger partial charge is 0.319 e. The number of aryl methyl sites for hydroxylation is 1. The molecule has 4 N–H and O–H groups in total. The fourth-order valence-electron chi connectivity index (χ4n) is 1.64. The zero-order valence-corrected chi connectivity index (χ0v) is 11.0. The Morgan fingerprint density at radius 2 is 1.78 bits per heavy atom. The Morgan fingerprint density at radius 3 is 2.44 bits per heavy atom. The number of hydrogen-bond acceptors (Lipinski definition) is 2. The van der Waals surface area contributed by atoms with Crippen LogP contribution in [0.3, 0.4) is 0 Å². The molecule has 0 radical (unpaired) electrons. The Kier molecular flexibility index (Phi) is 6.87. The van der Waals surface area contributed by atoms with Crippen LogP contribution in [0.25, 0.3) is 0 Å². The van der Waals surface area contributed by atoms with Gasteiger partial charge in [0.05, 0.1) is 0 Å². The summed E-state index contributed by atoms with van der Waals surface area (Å²) in [5.41, 5.74) is 7.41. The van der Waals surface area contributed by atoms with Crippen molar-refractivity contribution in [3.63, 3.8) is 0 Å². The van der Waals surface area contributed by atoms with E-state index in [-0.39, 0.29) is 6.03 Å². The maximum atomic E-state index is 11.5. The highest BCUT2D eigenvalue weighted by atomic mass is 16.2. The molecule has 2 amide bonds. The van der Waals surface area contributed by atoms with Crippen molar-refractivity contribution in [1.29, 1.82) is 0 Å². The largest absolute Gasteiger partial charge is 0.338 e. The molecule has 4 nitrogen and oxygen atoms in total. The van der Waals surface area contributed by atoms with Crippen LogP contribution in [0.15, 0.2) is 24.3 Å². The molecule has 0 aromatic heterocycles. The minimum atomic E-state index is -0.141. The first kappa shape index (κ1) is 14.5. The molecule has 0 heterocycles. The summed E-state index contributed by atoms with van der Waals surface area (Å²) < 4.78 is 0. The van der Waals surface area contributed by atoms with E-state index >= 15 is 0 Å². The Balaban J connectivity index is 2.12. The van der Waals surface area contributed by atoms with Gasteiger partial charge in [0.15, 0.2) is 0 Å². The van der Waals surface area contributed by atoms with E-state index in [1.54, 1.807) is 0 Å². The van der Waals surface area contributed by atoms with Crippen molar-refractivity contribution in [1.82, 2.24) is 5.32 Å². The van der Waals surface area contributed by atoms with Crippen LogP contribution >= 0.6 is 0 Å². The number of benzene rings is 1. The number of nitrogens with two attached hydrogens (primary N) is 1. The monoisotopic (exact) mass is 249 g/mol. The minimum Gasteiger partial charge on any atom is -0.338 e. The number of carbonyl (C=O) groups excluding carboxylic acids is 1. The van der Waals surface area contributed by atoms with Gasteiger partial charge in [0.1, 0.15) is 0 Å². The Morgan fingerprint density at radius 1 is 1.11 bits per heavy atom. The van der Waals surface area contributed by atoms with Gasteiger partial charge in [-0.1, -0.05) is 30.5 Å². The Bertz CT molecular complexity index is 349. The highest BCUT2D eigenvalue weighted by Crippen LogP contribution is 2.08. The van der Waals surface area contributed by atoms with E-state index in [9.17, 15) is 4.79 Å². The zero-order valence-electron chi connectivity index (χ0n) is 11.0. The van der Waals surface area contributed by atoms with Gasteiger partial charge in [0.2, 0.25) is 0 Å². The molecular formula is C14H23N3O. The first-order chi connectivity index (χ1) is 8.72. The van der Waals surface area contributed by atoms with Crippen LogP contribution in [0, 0.1) is 6.92 Å². The van der Waals surface area contributed by atoms with Crippen LogP contribution in [-0.2, 0) is 0 Å². The summed E-state index contributed by atoms with van der Waals surface area (Å²) in [6.45, 7) is 3.48. The number of rotatable bonds is 7. The third-order valence-corrected chi connectivity index (χ3v) is 2.73. The normalized spacial score (nSPS) is 10.1. The Hall–Kier alpha value is -1.55. The lowest BCUT2D eigenvalue weighted by atomic mass is 10.2. The molecule has 0 unspecified atom stereocenters. The SMILES string of the molecule is Cc1ccc(NC(=O)NCCCCCCN)cc1. The summed E-state index contributed by atoms with van der Waals surface area (Å²) in [6.07, 6.45) is 4.32. The number of nitrogens with one attached hydrogen (secondary N) is 2. The van der Waals surface area contributed by atoms with Crippen LogP contribution in [0.4, 0.5) is 10.5 Å². The van der Waals surface area contributed by atoms with Gasteiger partial charge >= 0.3 is 6.03 Å². The van der Waals surface area contributed by atoms with E-state index in [0.717, 1.165) is 37.9 Å². The van der Waals surface area contributed by atoms with Gasteiger partial charge in [-0.3, -0.25) is 0 Å². The molecular weight excluding hydrogens is 226 g/mol. The van der Waals surface area contributed by atoms with E-state index in [1.165, 1.54) is 5.56 Å². The van der Waals surface area contributed by atoms with Gasteiger partial charge in [-0.05, 0) is 38.4 Å². The van der Waals surface area contributed by atoms with E-state index < -0.39 is 0 Å². The average Bonchev–Trinajstić information content (AvgIpc) is 2.36. The quantitative estimate of drug-likeness (QED) is 0.650. The molecule has 0 atom stereocenters. The number of hydrogen-bond donors (Lipinski definition) is 3. The molecule has 0 bridgehead atoms. The predicted molar refractivity (Wildman–Crippen MR) is 75.7 cm³/mol. The van der Waals surface area contributed by atoms with Gasteiger partial charge in [0, 0.05) is 12.2 Å². The first-order valence-electron chi connectivity index (χ1n) is 6.54. The van der Waals surface area contributed by atoms with Crippen molar-refractivity contribution in [3.05, 3.63) is 29.8 Å². The number of amides is 2. The summed E-state index contributed by atoms with van der Waals surface area (Å²) in [5.74, 6) is 0. The second kappa shape index (κ2) is 8.53. The summed E-state index contributed by atoms with van der Waals surface area (Å²) in [4.78, 5) is 11.5. The van der Waals surface area contributed by atoms with Crippen LogP contribution in [0.1, 0.15) is 31.2 Å². The van der Waals surface area contributed by atoms with E-state index in [4.69, 9.17) is 5.73 Å². The molecule has 1 aromatic carbocycles. The fourth-order valence-corrected chi connectivity index (χ4v) is 1.64. The number of carbonyl (C=O) groups is 1. The standard InChI is InChI=1S/C14H23N3O/c1-12-6-8-13(9-7-12)17-14(18)16-11-5-3-2-4-10-15/h6-9H,2-5,10-11,15H2,1H3,(H2,16,17,18). The van der Waals surface area contributed by atoms with Crippen molar-refractivity contribution in [2.24, 2.45) is 5.73 Å². The summed E-state index contributed by atoms with van der Waals surface area (Å²) in [7, 11) is 0. The fraction of sp³-hybridized carbons (Fsp3) is 0.500. The lowest BCUT2D eigenvalue weighted by molar-refractivity contribution is 0.252.